The molecule has 1 spiro atoms. The lowest BCUT2D eigenvalue weighted by Gasteiger charge is -2.42. The minimum absolute atomic E-state index is 0.0264. The SMILES string of the molecule is CC(C)CCN1C(=O)N(CC(C)C)C(=O)C12CCN(Cc1ccncc1)CC2. The Morgan fingerprint density at radius 1 is 1.04 bits per heavy atom. The van der Waals surface area contributed by atoms with E-state index in [1.165, 1.54) is 10.5 Å². The molecule has 0 aliphatic carbocycles. The first-order valence-electron chi connectivity index (χ1n) is 10.6. The summed E-state index contributed by atoms with van der Waals surface area (Å²) in [6.45, 7) is 12.1. The minimum Gasteiger partial charge on any atom is -0.309 e. The Morgan fingerprint density at radius 2 is 1.68 bits per heavy atom. The number of nitrogens with zero attached hydrogens (tertiary/aromatic N) is 4. The van der Waals surface area contributed by atoms with Crippen LogP contribution in [0.4, 0.5) is 4.79 Å². The van der Waals surface area contributed by atoms with Gasteiger partial charge in [0.1, 0.15) is 5.54 Å². The molecule has 0 saturated carbocycles. The number of aromatic nitrogens is 1. The molecule has 0 unspecified atom stereocenters. The number of urea groups is 1. The Bertz CT molecular complexity index is 681. The smallest absolute Gasteiger partial charge is 0.309 e. The molecule has 154 valence electrons. The van der Waals surface area contributed by atoms with E-state index in [1.807, 2.05) is 29.4 Å². The first kappa shape index (κ1) is 20.8. The van der Waals surface area contributed by atoms with Gasteiger partial charge in [0.15, 0.2) is 0 Å². The molecule has 2 saturated heterocycles. The summed E-state index contributed by atoms with van der Waals surface area (Å²) in [5.41, 5.74) is 0.591. The van der Waals surface area contributed by atoms with Crippen LogP contribution in [0.25, 0.3) is 0 Å². The number of hydrogen-bond donors (Lipinski definition) is 0. The van der Waals surface area contributed by atoms with E-state index < -0.39 is 5.54 Å². The van der Waals surface area contributed by atoms with Gasteiger partial charge in [-0.05, 0) is 48.8 Å². The molecule has 0 radical (unpaired) electrons. The topological polar surface area (TPSA) is 56.8 Å². The maximum absolute atomic E-state index is 13.4. The highest BCUT2D eigenvalue weighted by molar-refractivity contribution is 6.07. The van der Waals surface area contributed by atoms with E-state index in [0.717, 1.165) is 38.9 Å². The number of piperidine rings is 1. The van der Waals surface area contributed by atoms with Crippen molar-refractivity contribution in [2.24, 2.45) is 11.8 Å². The number of carbonyl (C=O) groups excluding carboxylic acids is 2. The van der Waals surface area contributed by atoms with Gasteiger partial charge in [-0.3, -0.25) is 19.6 Å². The maximum Gasteiger partial charge on any atom is 0.327 e. The molecule has 0 N–H and O–H groups in total. The molecule has 0 bridgehead atoms. The van der Waals surface area contributed by atoms with E-state index in [0.29, 0.717) is 19.0 Å². The second kappa shape index (κ2) is 8.60. The second-order valence-corrected chi connectivity index (χ2v) is 9.09. The third-order valence-electron chi connectivity index (χ3n) is 5.94. The lowest BCUT2D eigenvalue weighted by atomic mass is 9.85. The van der Waals surface area contributed by atoms with Crippen LogP contribution in [0.1, 0.15) is 52.5 Å². The van der Waals surface area contributed by atoms with Gasteiger partial charge in [-0.2, -0.15) is 0 Å². The van der Waals surface area contributed by atoms with Gasteiger partial charge < -0.3 is 4.90 Å². The number of amides is 3. The van der Waals surface area contributed by atoms with Gasteiger partial charge in [-0.15, -0.1) is 0 Å². The zero-order chi connectivity index (χ0) is 20.3. The van der Waals surface area contributed by atoms with Crippen LogP contribution in [-0.2, 0) is 11.3 Å². The highest BCUT2D eigenvalue weighted by atomic mass is 16.2. The van der Waals surface area contributed by atoms with Gasteiger partial charge in [-0.25, -0.2) is 4.79 Å². The first-order chi connectivity index (χ1) is 13.3. The average Bonchev–Trinajstić information content (AvgIpc) is 2.84. The van der Waals surface area contributed by atoms with Crippen molar-refractivity contribution in [2.45, 2.75) is 59.0 Å². The minimum atomic E-state index is -0.643. The molecule has 6 nitrogen and oxygen atoms in total. The van der Waals surface area contributed by atoms with E-state index in [1.54, 1.807) is 0 Å². The lowest BCUT2D eigenvalue weighted by Crippen LogP contribution is -2.56. The molecule has 6 heteroatoms. The standard InChI is InChI=1S/C22H34N4O2/c1-17(2)7-12-26-21(28)25(15-18(3)4)20(27)22(26)8-13-24(14-9-22)16-19-5-10-23-11-6-19/h5-6,10-11,17-18H,7-9,12-16H2,1-4H3. The molecule has 3 rings (SSSR count). The Hall–Kier alpha value is -1.95. The Labute approximate surface area is 168 Å². The third kappa shape index (κ3) is 4.22. The average molecular weight is 387 g/mol. The van der Waals surface area contributed by atoms with Crippen LogP contribution in [-0.4, -0.2) is 63.3 Å². The van der Waals surface area contributed by atoms with Crippen LogP contribution in [0.5, 0.6) is 0 Å². The number of carbonyl (C=O) groups is 2. The Kier molecular flexibility index (Phi) is 6.38. The molecule has 1 aromatic heterocycles. The van der Waals surface area contributed by atoms with Gasteiger partial charge in [0.05, 0.1) is 0 Å². The molecule has 2 fully saturated rings. The molecule has 0 atom stereocenters. The quantitative estimate of drug-likeness (QED) is 0.674. The van der Waals surface area contributed by atoms with Crippen LogP contribution in [0.3, 0.4) is 0 Å². The maximum atomic E-state index is 13.4. The highest BCUT2D eigenvalue weighted by Crippen LogP contribution is 2.38. The van der Waals surface area contributed by atoms with Crippen LogP contribution in [0, 0.1) is 11.8 Å². The summed E-state index contributed by atoms with van der Waals surface area (Å²) in [5.74, 6) is 0.811. The van der Waals surface area contributed by atoms with Gasteiger partial charge in [-0.1, -0.05) is 27.7 Å². The molecule has 3 amide bonds. The van der Waals surface area contributed by atoms with E-state index >= 15 is 0 Å². The third-order valence-corrected chi connectivity index (χ3v) is 5.94. The van der Waals surface area contributed by atoms with Crippen LogP contribution < -0.4 is 0 Å². The van der Waals surface area contributed by atoms with Crippen molar-refractivity contribution in [1.29, 1.82) is 0 Å². The predicted molar refractivity (Wildman–Crippen MR) is 110 cm³/mol. The van der Waals surface area contributed by atoms with Gasteiger partial charge in [0, 0.05) is 45.1 Å². The number of hydrogen-bond acceptors (Lipinski definition) is 4. The van der Waals surface area contributed by atoms with Crippen molar-refractivity contribution in [2.75, 3.05) is 26.2 Å². The summed E-state index contributed by atoms with van der Waals surface area (Å²) in [5, 5.41) is 0. The number of pyridine rings is 1. The molecule has 28 heavy (non-hydrogen) atoms. The van der Waals surface area contributed by atoms with Crippen molar-refractivity contribution < 1.29 is 9.59 Å². The molecule has 1 aromatic rings. The van der Waals surface area contributed by atoms with Crippen LogP contribution in [0.2, 0.25) is 0 Å². The zero-order valence-corrected chi connectivity index (χ0v) is 17.7. The highest BCUT2D eigenvalue weighted by Gasteiger charge is 2.57. The zero-order valence-electron chi connectivity index (χ0n) is 17.7. The fraction of sp³-hybridized carbons (Fsp3) is 0.682. The first-order valence-corrected chi connectivity index (χ1v) is 10.6. The number of rotatable bonds is 7. The molecule has 2 aliphatic rings. The number of likely N-dealkylation sites (tertiary alicyclic amines) is 1. The Balaban J connectivity index is 1.74. The van der Waals surface area contributed by atoms with Gasteiger partial charge >= 0.3 is 6.03 Å². The van der Waals surface area contributed by atoms with Gasteiger partial charge in [0.2, 0.25) is 0 Å². The fourth-order valence-electron chi connectivity index (χ4n) is 4.32. The van der Waals surface area contributed by atoms with Crippen LogP contribution in [0.15, 0.2) is 24.5 Å². The fourth-order valence-corrected chi connectivity index (χ4v) is 4.32. The van der Waals surface area contributed by atoms with E-state index in [4.69, 9.17) is 0 Å². The summed E-state index contributed by atoms with van der Waals surface area (Å²) < 4.78 is 0. The van der Waals surface area contributed by atoms with Crippen molar-refractivity contribution in [3.63, 3.8) is 0 Å². The summed E-state index contributed by atoms with van der Waals surface area (Å²) in [7, 11) is 0. The molecule has 2 aliphatic heterocycles. The van der Waals surface area contributed by atoms with Crippen molar-refractivity contribution in [3.8, 4) is 0 Å². The summed E-state index contributed by atoms with van der Waals surface area (Å²) >= 11 is 0. The monoisotopic (exact) mass is 386 g/mol. The second-order valence-electron chi connectivity index (χ2n) is 9.09. The normalized spacial score (nSPS) is 20.2. The summed E-state index contributed by atoms with van der Waals surface area (Å²) in [4.78, 5) is 36.4. The lowest BCUT2D eigenvalue weighted by molar-refractivity contribution is -0.136. The molecular weight excluding hydrogens is 352 g/mol. The predicted octanol–water partition coefficient (Wildman–Crippen LogP) is 3.38. The van der Waals surface area contributed by atoms with E-state index in [2.05, 4.69) is 37.6 Å². The molecule has 3 heterocycles. The van der Waals surface area contributed by atoms with Crippen molar-refractivity contribution in [1.82, 2.24) is 19.7 Å². The van der Waals surface area contributed by atoms with E-state index in [9.17, 15) is 9.59 Å². The molecular formula is C22H34N4O2. The van der Waals surface area contributed by atoms with Crippen LogP contribution >= 0.6 is 0 Å². The molecule has 0 aromatic carbocycles. The van der Waals surface area contributed by atoms with Gasteiger partial charge in [0.25, 0.3) is 5.91 Å². The summed E-state index contributed by atoms with van der Waals surface area (Å²) in [6, 6.07) is 3.99. The largest absolute Gasteiger partial charge is 0.327 e. The number of imide groups is 1. The van der Waals surface area contributed by atoms with Crippen molar-refractivity contribution in [3.05, 3.63) is 30.1 Å². The summed E-state index contributed by atoms with van der Waals surface area (Å²) in [6.07, 6.45) is 6.00. The van der Waals surface area contributed by atoms with Crippen molar-refractivity contribution >= 4 is 11.9 Å². The Morgan fingerprint density at radius 3 is 2.25 bits per heavy atom. The van der Waals surface area contributed by atoms with E-state index in [-0.39, 0.29) is 17.9 Å².